The number of carbonyl (C=O) groups is 1. The Balaban J connectivity index is 1.51. The van der Waals surface area contributed by atoms with Gasteiger partial charge in [0.2, 0.25) is 5.91 Å². The summed E-state index contributed by atoms with van der Waals surface area (Å²) in [5.74, 6) is 0.112. The summed E-state index contributed by atoms with van der Waals surface area (Å²) < 4.78 is 1.83. The van der Waals surface area contributed by atoms with Crippen molar-refractivity contribution in [1.82, 2.24) is 9.55 Å². The molecule has 2 aliphatic carbocycles. The number of nitrogens with one attached hydrogen (secondary N) is 1. The van der Waals surface area contributed by atoms with Crippen LogP contribution in [0.2, 0.25) is 0 Å². The van der Waals surface area contributed by atoms with Crippen molar-refractivity contribution in [1.29, 1.82) is 0 Å². The highest BCUT2D eigenvalue weighted by Crippen LogP contribution is 2.48. The summed E-state index contributed by atoms with van der Waals surface area (Å²) in [6.45, 7) is 6.73. The standard InChI is InChI=1S/C30H35N3O2S/c1-4-16-33-28(35)26-27(23-11-7-6-10-22(23)18-30(26)14-8-5-9-15-30)32-29(33)36-19-25(34)31-24-13-12-20(2)17-21(24)3/h6-7,10-13,17H,4-5,8-9,14-16,18-19H2,1-3H3,(H,31,34). The maximum absolute atomic E-state index is 14.1. The monoisotopic (exact) mass is 501 g/mol. The Morgan fingerprint density at radius 1 is 1.11 bits per heavy atom. The number of rotatable bonds is 6. The number of benzene rings is 2. The van der Waals surface area contributed by atoms with Crippen molar-refractivity contribution in [3.63, 3.8) is 0 Å². The van der Waals surface area contributed by atoms with Crippen LogP contribution < -0.4 is 10.9 Å². The fourth-order valence-corrected chi connectivity index (χ4v) is 6.84. The van der Waals surface area contributed by atoms with Gasteiger partial charge in [0.05, 0.1) is 17.0 Å². The molecule has 0 aliphatic heterocycles. The summed E-state index contributed by atoms with van der Waals surface area (Å²) in [5, 5.41) is 3.66. The van der Waals surface area contributed by atoms with Crippen molar-refractivity contribution in [3.8, 4) is 11.3 Å². The smallest absolute Gasteiger partial charge is 0.258 e. The van der Waals surface area contributed by atoms with E-state index < -0.39 is 0 Å². The van der Waals surface area contributed by atoms with E-state index in [9.17, 15) is 9.59 Å². The van der Waals surface area contributed by atoms with Crippen LogP contribution in [0.1, 0.15) is 67.7 Å². The lowest BCUT2D eigenvalue weighted by atomic mass is 9.62. The van der Waals surface area contributed by atoms with Gasteiger partial charge in [-0.15, -0.1) is 0 Å². The van der Waals surface area contributed by atoms with Gasteiger partial charge in [-0.1, -0.05) is 79.9 Å². The fourth-order valence-electron chi connectivity index (χ4n) is 6.02. The number of anilines is 1. The lowest BCUT2D eigenvalue weighted by molar-refractivity contribution is -0.113. The van der Waals surface area contributed by atoms with Crippen LogP contribution >= 0.6 is 11.8 Å². The molecule has 36 heavy (non-hydrogen) atoms. The molecular formula is C30H35N3O2S. The van der Waals surface area contributed by atoms with Gasteiger partial charge in [0.1, 0.15) is 0 Å². The molecule has 6 heteroatoms. The maximum atomic E-state index is 14.1. The molecule has 0 unspecified atom stereocenters. The van der Waals surface area contributed by atoms with Crippen molar-refractivity contribution in [2.45, 2.75) is 82.8 Å². The van der Waals surface area contributed by atoms with E-state index in [0.29, 0.717) is 11.7 Å². The number of carbonyl (C=O) groups excluding carboxylic acids is 1. The van der Waals surface area contributed by atoms with E-state index in [4.69, 9.17) is 4.98 Å². The molecule has 0 atom stereocenters. The normalized spacial score (nSPS) is 15.9. The largest absolute Gasteiger partial charge is 0.325 e. The van der Waals surface area contributed by atoms with Crippen LogP contribution in [0.15, 0.2) is 52.4 Å². The van der Waals surface area contributed by atoms with Crippen LogP contribution in [0.3, 0.4) is 0 Å². The maximum Gasteiger partial charge on any atom is 0.258 e. The van der Waals surface area contributed by atoms with Gasteiger partial charge in [-0.2, -0.15) is 0 Å². The number of hydrogen-bond donors (Lipinski definition) is 1. The first kappa shape index (κ1) is 24.8. The van der Waals surface area contributed by atoms with Crippen LogP contribution in [-0.2, 0) is 23.2 Å². The number of aryl methyl sites for hydroxylation is 2. The Kier molecular flexibility index (Phi) is 7.07. The molecule has 1 aromatic heterocycles. The summed E-state index contributed by atoms with van der Waals surface area (Å²) in [6.07, 6.45) is 7.40. The predicted molar refractivity (Wildman–Crippen MR) is 148 cm³/mol. The van der Waals surface area contributed by atoms with Gasteiger partial charge in [-0.25, -0.2) is 4.98 Å². The van der Waals surface area contributed by atoms with Gasteiger partial charge in [0.25, 0.3) is 5.56 Å². The summed E-state index contributed by atoms with van der Waals surface area (Å²) in [6, 6.07) is 14.4. The minimum atomic E-state index is -0.120. The van der Waals surface area contributed by atoms with E-state index in [0.717, 1.165) is 72.2 Å². The number of amides is 1. The summed E-state index contributed by atoms with van der Waals surface area (Å²) in [7, 11) is 0. The summed E-state index contributed by atoms with van der Waals surface area (Å²) in [4.78, 5) is 32.1. The highest BCUT2D eigenvalue weighted by molar-refractivity contribution is 7.99. The van der Waals surface area contributed by atoms with Crippen molar-refractivity contribution in [2.24, 2.45) is 0 Å². The van der Waals surface area contributed by atoms with Crippen LogP contribution in [-0.4, -0.2) is 21.2 Å². The molecule has 1 saturated carbocycles. The van der Waals surface area contributed by atoms with Gasteiger partial charge in [0.15, 0.2) is 5.16 Å². The summed E-state index contributed by atoms with van der Waals surface area (Å²) >= 11 is 1.36. The zero-order valence-electron chi connectivity index (χ0n) is 21.5. The number of nitrogens with zero attached hydrogens (tertiary/aromatic N) is 2. The molecule has 1 amide bonds. The Morgan fingerprint density at radius 2 is 1.89 bits per heavy atom. The Labute approximate surface area is 217 Å². The van der Waals surface area contributed by atoms with Crippen LogP contribution in [0.25, 0.3) is 11.3 Å². The lowest BCUT2D eigenvalue weighted by Crippen LogP contribution is -2.43. The zero-order chi connectivity index (χ0) is 25.3. The zero-order valence-corrected chi connectivity index (χ0v) is 22.3. The molecule has 188 valence electrons. The molecule has 1 heterocycles. The lowest BCUT2D eigenvalue weighted by Gasteiger charge is -2.42. The molecule has 0 saturated heterocycles. The molecule has 0 radical (unpaired) electrons. The minimum absolute atomic E-state index is 0.0916. The molecule has 3 aromatic rings. The van der Waals surface area contributed by atoms with Gasteiger partial charge in [0, 0.05) is 23.2 Å². The van der Waals surface area contributed by atoms with E-state index in [1.165, 1.54) is 23.7 Å². The van der Waals surface area contributed by atoms with E-state index in [2.05, 4.69) is 36.5 Å². The second-order valence-electron chi connectivity index (χ2n) is 10.4. The van der Waals surface area contributed by atoms with Crippen molar-refractivity contribution < 1.29 is 4.79 Å². The first-order chi connectivity index (χ1) is 17.4. The Hall–Kier alpha value is -2.86. The number of thioether (sulfide) groups is 1. The predicted octanol–water partition coefficient (Wildman–Crippen LogP) is 6.43. The molecule has 2 aromatic carbocycles. The van der Waals surface area contributed by atoms with E-state index in [1.807, 2.05) is 36.6 Å². The number of fused-ring (bicyclic) bond motifs is 4. The van der Waals surface area contributed by atoms with Crippen molar-refractivity contribution in [3.05, 3.63) is 75.1 Å². The van der Waals surface area contributed by atoms with Gasteiger partial charge in [-0.05, 0) is 56.7 Å². The third-order valence-corrected chi connectivity index (χ3v) is 8.69. The third-order valence-electron chi connectivity index (χ3n) is 7.71. The third kappa shape index (κ3) is 4.63. The molecule has 1 fully saturated rings. The topological polar surface area (TPSA) is 64.0 Å². The second kappa shape index (κ2) is 10.3. The molecular weight excluding hydrogens is 466 g/mol. The average molecular weight is 502 g/mol. The molecule has 1 N–H and O–H groups in total. The van der Waals surface area contributed by atoms with E-state index in [-0.39, 0.29) is 22.6 Å². The first-order valence-electron chi connectivity index (χ1n) is 13.2. The molecule has 1 spiro atoms. The van der Waals surface area contributed by atoms with Crippen LogP contribution in [0.5, 0.6) is 0 Å². The van der Waals surface area contributed by atoms with Gasteiger partial charge in [-0.3, -0.25) is 14.2 Å². The number of aromatic nitrogens is 2. The van der Waals surface area contributed by atoms with Gasteiger partial charge < -0.3 is 5.32 Å². The molecule has 5 rings (SSSR count). The van der Waals surface area contributed by atoms with E-state index in [1.54, 1.807) is 0 Å². The highest BCUT2D eigenvalue weighted by Gasteiger charge is 2.43. The van der Waals surface area contributed by atoms with Crippen LogP contribution in [0, 0.1) is 13.8 Å². The van der Waals surface area contributed by atoms with E-state index >= 15 is 0 Å². The SMILES string of the molecule is CCCn1c(SCC(=O)Nc2ccc(C)cc2C)nc2c(c1=O)C1(CCCCC1)Cc1ccccc1-2. The minimum Gasteiger partial charge on any atom is -0.325 e. The number of hydrogen-bond acceptors (Lipinski definition) is 4. The Morgan fingerprint density at radius 3 is 2.64 bits per heavy atom. The van der Waals surface area contributed by atoms with Crippen molar-refractivity contribution >= 4 is 23.4 Å². The molecule has 0 bridgehead atoms. The van der Waals surface area contributed by atoms with Gasteiger partial charge >= 0.3 is 0 Å². The quantitative estimate of drug-likeness (QED) is 0.312. The highest BCUT2D eigenvalue weighted by atomic mass is 32.2. The molecule has 5 nitrogen and oxygen atoms in total. The summed E-state index contributed by atoms with van der Waals surface area (Å²) in [5.41, 5.74) is 7.12. The van der Waals surface area contributed by atoms with Crippen molar-refractivity contribution in [2.75, 3.05) is 11.1 Å². The van der Waals surface area contributed by atoms with Crippen LogP contribution in [0.4, 0.5) is 5.69 Å². The Bertz CT molecular complexity index is 1350. The first-order valence-corrected chi connectivity index (χ1v) is 14.1. The fraction of sp³-hybridized carbons (Fsp3) is 0.433. The molecule has 2 aliphatic rings. The second-order valence-corrected chi connectivity index (χ2v) is 11.3. The average Bonchev–Trinajstić information content (AvgIpc) is 2.86.